The fourth-order valence-corrected chi connectivity index (χ4v) is 3.81. The summed E-state index contributed by atoms with van der Waals surface area (Å²) in [5.41, 5.74) is 3.13. The number of benzene rings is 2. The smallest absolute Gasteiger partial charge is 0.223 e. The molecular weight excluding hydrogens is 350 g/mol. The van der Waals surface area contributed by atoms with Crippen LogP contribution >= 0.6 is 0 Å². The second-order valence-corrected chi connectivity index (χ2v) is 6.97. The van der Waals surface area contributed by atoms with Crippen molar-refractivity contribution in [1.82, 2.24) is 4.90 Å². The van der Waals surface area contributed by atoms with Gasteiger partial charge in [-0.2, -0.15) is 0 Å². The second kappa shape index (κ2) is 9.36. The maximum absolute atomic E-state index is 12.9. The number of nitrogens with zero attached hydrogens (tertiary/aromatic N) is 1. The highest BCUT2D eigenvalue weighted by atomic mass is 16.5. The van der Waals surface area contributed by atoms with Gasteiger partial charge < -0.3 is 9.64 Å². The van der Waals surface area contributed by atoms with Gasteiger partial charge in [-0.25, -0.2) is 0 Å². The van der Waals surface area contributed by atoms with E-state index in [0.717, 1.165) is 18.6 Å². The van der Waals surface area contributed by atoms with E-state index in [2.05, 4.69) is 18.7 Å². The third-order valence-electron chi connectivity index (χ3n) is 5.18. The van der Waals surface area contributed by atoms with Crippen molar-refractivity contribution in [2.45, 2.75) is 38.6 Å². The number of hydrogen-bond acceptors (Lipinski definition) is 3. The Kier molecular flexibility index (Phi) is 6.64. The Balaban J connectivity index is 1.63. The van der Waals surface area contributed by atoms with Gasteiger partial charge in [0.2, 0.25) is 5.91 Å². The molecule has 0 radical (unpaired) electrons. The number of carbonyl (C=O) groups is 2. The van der Waals surface area contributed by atoms with Crippen molar-refractivity contribution in [3.05, 3.63) is 77.9 Å². The fraction of sp³-hybridized carbons (Fsp3) is 0.333. The molecule has 4 heteroatoms. The van der Waals surface area contributed by atoms with E-state index in [0.29, 0.717) is 18.7 Å². The highest BCUT2D eigenvalue weighted by Crippen LogP contribution is 2.36. The molecule has 4 nitrogen and oxygen atoms in total. The molecule has 2 aromatic rings. The van der Waals surface area contributed by atoms with Crippen molar-refractivity contribution in [1.29, 1.82) is 0 Å². The van der Waals surface area contributed by atoms with Crippen molar-refractivity contribution in [2.24, 2.45) is 0 Å². The van der Waals surface area contributed by atoms with E-state index < -0.39 is 0 Å². The lowest BCUT2D eigenvalue weighted by Gasteiger charge is -2.29. The van der Waals surface area contributed by atoms with E-state index >= 15 is 0 Å². The predicted octanol–water partition coefficient (Wildman–Crippen LogP) is 4.75. The minimum atomic E-state index is -0.0261. The maximum Gasteiger partial charge on any atom is 0.223 e. The topological polar surface area (TPSA) is 46.6 Å². The number of ether oxygens (including phenoxy) is 1. The highest BCUT2D eigenvalue weighted by Gasteiger charge is 2.30. The number of Topliss-reactive ketones (excluding diaryl/α,β-unsaturated/α-hetero) is 1. The largest absolute Gasteiger partial charge is 0.494 e. The zero-order valence-electron chi connectivity index (χ0n) is 16.4. The van der Waals surface area contributed by atoms with Crippen molar-refractivity contribution < 1.29 is 14.3 Å². The van der Waals surface area contributed by atoms with Crippen LogP contribution in [0.4, 0.5) is 0 Å². The van der Waals surface area contributed by atoms with Crippen LogP contribution in [0.15, 0.2) is 61.2 Å². The van der Waals surface area contributed by atoms with Crippen molar-refractivity contribution in [3.63, 3.8) is 0 Å². The first kappa shape index (κ1) is 19.9. The average Bonchev–Trinajstić information content (AvgIpc) is 3.14. The first-order valence-corrected chi connectivity index (χ1v) is 9.88. The summed E-state index contributed by atoms with van der Waals surface area (Å²) >= 11 is 0. The Labute approximate surface area is 166 Å². The molecule has 1 amide bonds. The van der Waals surface area contributed by atoms with Gasteiger partial charge in [-0.3, -0.25) is 9.59 Å². The van der Waals surface area contributed by atoms with Crippen molar-refractivity contribution >= 4 is 11.7 Å². The van der Waals surface area contributed by atoms with Gasteiger partial charge in [0.1, 0.15) is 5.75 Å². The fourth-order valence-electron chi connectivity index (χ4n) is 3.81. The summed E-state index contributed by atoms with van der Waals surface area (Å²) in [5.74, 6) is 0.717. The number of aryl methyl sites for hydroxylation is 1. The van der Waals surface area contributed by atoms with E-state index in [1.165, 1.54) is 11.1 Å². The molecule has 0 fully saturated rings. The molecule has 1 aliphatic rings. The molecule has 0 saturated carbocycles. The minimum Gasteiger partial charge on any atom is -0.494 e. The molecule has 0 N–H and O–H groups in total. The first-order chi connectivity index (χ1) is 13.6. The summed E-state index contributed by atoms with van der Waals surface area (Å²) < 4.78 is 5.40. The average molecular weight is 377 g/mol. The third-order valence-corrected chi connectivity index (χ3v) is 5.18. The van der Waals surface area contributed by atoms with Gasteiger partial charge in [0.25, 0.3) is 0 Å². The molecule has 1 atom stereocenters. The van der Waals surface area contributed by atoms with Gasteiger partial charge in [-0.15, -0.1) is 6.58 Å². The Morgan fingerprint density at radius 1 is 1.14 bits per heavy atom. The summed E-state index contributed by atoms with van der Waals surface area (Å²) in [4.78, 5) is 27.3. The van der Waals surface area contributed by atoms with Gasteiger partial charge >= 0.3 is 0 Å². The molecule has 0 aliphatic heterocycles. The normalized spacial score (nSPS) is 15.0. The standard InChI is InChI=1S/C24H27NO3/c1-3-17-25(22-14-11-18-7-5-6-8-21(18)22)24(27)16-15-23(26)19-9-12-20(13-10-19)28-4-2/h3,5-10,12-13,22H,1,4,11,14-17H2,2H3/t22-/m0/s1. The van der Waals surface area contributed by atoms with Crippen LogP contribution in [0.3, 0.4) is 0 Å². The van der Waals surface area contributed by atoms with Gasteiger partial charge in [0.15, 0.2) is 5.78 Å². The lowest BCUT2D eigenvalue weighted by atomic mass is 10.0. The van der Waals surface area contributed by atoms with Crippen LogP contribution in [-0.4, -0.2) is 29.7 Å². The lowest BCUT2D eigenvalue weighted by Crippen LogP contribution is -2.34. The van der Waals surface area contributed by atoms with Crippen LogP contribution in [0.2, 0.25) is 0 Å². The van der Waals surface area contributed by atoms with Crippen LogP contribution < -0.4 is 4.74 Å². The highest BCUT2D eigenvalue weighted by molar-refractivity contribution is 5.98. The maximum atomic E-state index is 12.9. The van der Waals surface area contributed by atoms with Crippen LogP contribution in [0.25, 0.3) is 0 Å². The lowest BCUT2D eigenvalue weighted by molar-refractivity contribution is -0.133. The molecule has 0 saturated heterocycles. The number of ketones is 1. The summed E-state index contributed by atoms with van der Waals surface area (Å²) in [7, 11) is 0. The Morgan fingerprint density at radius 2 is 1.89 bits per heavy atom. The molecular formula is C24H27NO3. The third kappa shape index (κ3) is 4.50. The zero-order valence-corrected chi connectivity index (χ0v) is 16.4. The summed E-state index contributed by atoms with van der Waals surface area (Å²) in [5, 5.41) is 0. The van der Waals surface area contributed by atoms with E-state index in [-0.39, 0.29) is 30.6 Å². The monoisotopic (exact) mass is 377 g/mol. The quantitative estimate of drug-likeness (QED) is 0.468. The molecule has 0 spiro atoms. The molecule has 1 aliphatic carbocycles. The minimum absolute atomic E-state index is 0.000824. The summed E-state index contributed by atoms with van der Waals surface area (Å²) in [6.07, 6.45) is 4.07. The van der Waals surface area contributed by atoms with Gasteiger partial charge in [0.05, 0.1) is 12.6 Å². The molecule has 146 valence electrons. The molecule has 28 heavy (non-hydrogen) atoms. The zero-order chi connectivity index (χ0) is 19.9. The van der Waals surface area contributed by atoms with E-state index in [1.54, 1.807) is 30.3 Å². The Bertz CT molecular complexity index is 841. The summed E-state index contributed by atoms with van der Waals surface area (Å²) in [6, 6.07) is 15.4. The van der Waals surface area contributed by atoms with Crippen LogP contribution in [0.1, 0.15) is 53.7 Å². The molecule has 0 heterocycles. The Morgan fingerprint density at radius 3 is 2.61 bits per heavy atom. The summed E-state index contributed by atoms with van der Waals surface area (Å²) in [6.45, 7) is 6.81. The predicted molar refractivity (Wildman–Crippen MR) is 111 cm³/mol. The van der Waals surface area contributed by atoms with Gasteiger partial charge in [0, 0.05) is 24.9 Å². The molecule has 3 rings (SSSR count). The van der Waals surface area contributed by atoms with E-state index in [1.807, 2.05) is 24.0 Å². The second-order valence-electron chi connectivity index (χ2n) is 6.97. The van der Waals surface area contributed by atoms with Crippen LogP contribution in [0.5, 0.6) is 5.75 Å². The number of carbonyl (C=O) groups excluding carboxylic acids is 2. The Hall–Kier alpha value is -2.88. The van der Waals surface area contributed by atoms with Gasteiger partial charge in [-0.1, -0.05) is 30.3 Å². The first-order valence-electron chi connectivity index (χ1n) is 9.88. The number of hydrogen-bond donors (Lipinski definition) is 0. The molecule has 0 unspecified atom stereocenters. The number of amides is 1. The van der Waals surface area contributed by atoms with E-state index in [4.69, 9.17) is 4.74 Å². The van der Waals surface area contributed by atoms with Crippen molar-refractivity contribution in [2.75, 3.05) is 13.2 Å². The van der Waals surface area contributed by atoms with Gasteiger partial charge in [-0.05, 0) is 55.2 Å². The number of fused-ring (bicyclic) bond motifs is 1. The van der Waals surface area contributed by atoms with E-state index in [9.17, 15) is 9.59 Å². The van der Waals surface area contributed by atoms with Crippen LogP contribution in [0, 0.1) is 0 Å². The molecule has 0 bridgehead atoms. The van der Waals surface area contributed by atoms with Crippen molar-refractivity contribution in [3.8, 4) is 5.75 Å². The molecule has 0 aromatic heterocycles. The number of rotatable bonds is 9. The molecule has 2 aromatic carbocycles. The SMILES string of the molecule is C=CCN(C(=O)CCC(=O)c1ccc(OCC)cc1)[C@H]1CCc2ccccc21. The van der Waals surface area contributed by atoms with Crippen LogP contribution in [-0.2, 0) is 11.2 Å².